The number of fused-ring (bicyclic) bond motifs is 1. The molecule has 1 aromatic heterocycles. The molecule has 3 aromatic rings. The van der Waals surface area contributed by atoms with Crippen LogP contribution < -0.4 is 10.4 Å². The number of carbonyl (C=O) groups is 1. The lowest BCUT2D eigenvalue weighted by Gasteiger charge is -2.45. The molecule has 1 aliphatic heterocycles. The van der Waals surface area contributed by atoms with Gasteiger partial charge in [-0.15, -0.1) is 0 Å². The average molecular weight is 444 g/mol. The van der Waals surface area contributed by atoms with Crippen LogP contribution >= 0.6 is 0 Å². The van der Waals surface area contributed by atoms with E-state index in [0.717, 1.165) is 11.1 Å². The summed E-state index contributed by atoms with van der Waals surface area (Å²) in [5.74, 6) is -1.12. The Hall–Kier alpha value is -4.09. The summed E-state index contributed by atoms with van der Waals surface area (Å²) < 4.78 is 6.71. The smallest absolute Gasteiger partial charge is 0.277 e. The van der Waals surface area contributed by atoms with Crippen molar-refractivity contribution >= 4 is 5.91 Å². The minimum Gasteiger partial charge on any atom is -0.502 e. The molecule has 33 heavy (non-hydrogen) atoms. The number of benzene rings is 2. The van der Waals surface area contributed by atoms with Crippen molar-refractivity contribution < 1.29 is 14.6 Å². The molecule has 168 valence electrons. The zero-order chi connectivity index (χ0) is 23.4. The number of rotatable bonds is 7. The molecule has 8 nitrogen and oxygen atoms in total. The second-order valence-corrected chi connectivity index (χ2v) is 7.71. The lowest BCUT2D eigenvalue weighted by molar-refractivity contribution is 0.0612. The van der Waals surface area contributed by atoms with Crippen molar-refractivity contribution in [1.82, 2.24) is 9.58 Å². The van der Waals surface area contributed by atoms with Crippen LogP contribution in [0.25, 0.3) is 0 Å². The Labute approximate surface area is 191 Å². The van der Waals surface area contributed by atoms with Gasteiger partial charge in [-0.25, -0.2) is 4.68 Å². The molecule has 0 fully saturated rings. The van der Waals surface area contributed by atoms with Crippen molar-refractivity contribution in [3.05, 3.63) is 99.5 Å². The molecule has 0 aliphatic carbocycles. The first kappa shape index (κ1) is 22.1. The van der Waals surface area contributed by atoms with Crippen LogP contribution in [0.2, 0.25) is 0 Å². The Morgan fingerprint density at radius 3 is 2.21 bits per heavy atom. The van der Waals surface area contributed by atoms with E-state index in [1.165, 1.54) is 15.6 Å². The van der Waals surface area contributed by atoms with Gasteiger partial charge in [-0.05, 0) is 11.1 Å². The van der Waals surface area contributed by atoms with Crippen LogP contribution in [0.4, 0.5) is 0 Å². The van der Waals surface area contributed by atoms with Gasteiger partial charge in [0, 0.05) is 19.7 Å². The molecule has 0 atom stereocenters. The Kier molecular flexibility index (Phi) is 6.43. The number of amides is 1. The molecular weight excluding hydrogens is 420 g/mol. The van der Waals surface area contributed by atoms with Crippen LogP contribution in [0.1, 0.15) is 33.4 Å². The fourth-order valence-electron chi connectivity index (χ4n) is 4.16. The molecule has 0 bridgehead atoms. The van der Waals surface area contributed by atoms with Gasteiger partial charge in [0.25, 0.3) is 5.91 Å². The number of methoxy groups -OCH3 is 1. The third-order valence-corrected chi connectivity index (χ3v) is 5.66. The zero-order valence-corrected chi connectivity index (χ0v) is 18.2. The fraction of sp³-hybridized carbons (Fsp3) is 0.240. The van der Waals surface area contributed by atoms with E-state index >= 15 is 0 Å². The Morgan fingerprint density at radius 2 is 1.67 bits per heavy atom. The Bertz CT molecular complexity index is 1200. The van der Waals surface area contributed by atoms with Gasteiger partial charge in [-0.3, -0.25) is 14.6 Å². The van der Waals surface area contributed by atoms with Gasteiger partial charge in [0.1, 0.15) is 6.67 Å². The van der Waals surface area contributed by atoms with Crippen molar-refractivity contribution in [2.75, 3.05) is 31.9 Å². The summed E-state index contributed by atoms with van der Waals surface area (Å²) in [5.41, 5.74) is 1.41. The maximum absolute atomic E-state index is 13.3. The number of hydrogen-bond donors (Lipinski definition) is 1. The molecule has 0 saturated carbocycles. The van der Waals surface area contributed by atoms with Crippen molar-refractivity contribution in [2.24, 2.45) is 0 Å². The number of hydrogen-bond acceptors (Lipinski definition) is 6. The largest absolute Gasteiger partial charge is 0.502 e. The monoisotopic (exact) mass is 444 g/mol. The zero-order valence-electron chi connectivity index (χ0n) is 18.2. The number of aromatic hydroxyl groups is 1. The topological polar surface area (TPSA) is 98.8 Å². The fourth-order valence-corrected chi connectivity index (χ4v) is 4.16. The van der Waals surface area contributed by atoms with Gasteiger partial charge in [0.2, 0.25) is 5.43 Å². The molecule has 0 spiro atoms. The van der Waals surface area contributed by atoms with Gasteiger partial charge in [0.15, 0.2) is 11.4 Å². The molecule has 1 aliphatic rings. The number of nitrogens with zero attached hydrogens (tertiary/aromatic N) is 4. The molecule has 8 heteroatoms. The summed E-state index contributed by atoms with van der Waals surface area (Å²) in [7, 11) is 1.55. The van der Waals surface area contributed by atoms with Crippen molar-refractivity contribution in [3.8, 4) is 11.8 Å². The second kappa shape index (κ2) is 9.59. The molecule has 0 radical (unpaired) electrons. The summed E-state index contributed by atoms with van der Waals surface area (Å²) >= 11 is 0. The first-order valence-electron chi connectivity index (χ1n) is 10.6. The first-order chi connectivity index (χ1) is 16.1. The van der Waals surface area contributed by atoms with Crippen LogP contribution in [0.15, 0.2) is 71.5 Å². The van der Waals surface area contributed by atoms with E-state index in [9.17, 15) is 20.0 Å². The number of nitriles is 1. The molecule has 1 N–H and O–H groups in total. The molecule has 2 aromatic carbocycles. The highest BCUT2D eigenvalue weighted by Gasteiger charge is 2.37. The van der Waals surface area contributed by atoms with Crippen molar-refractivity contribution in [1.29, 1.82) is 5.26 Å². The number of pyridine rings is 1. The minimum atomic E-state index is -0.690. The number of aromatic nitrogens is 1. The third-order valence-electron chi connectivity index (χ3n) is 5.66. The summed E-state index contributed by atoms with van der Waals surface area (Å²) in [6.07, 6.45) is -0.0966. The predicted molar refractivity (Wildman–Crippen MR) is 122 cm³/mol. The SMILES string of the molecule is COCCN1CN(C(c2ccccc2)c2ccccc2)n2c(CC#N)cc(=O)c(O)c2C1=O. The van der Waals surface area contributed by atoms with Crippen LogP contribution in [0, 0.1) is 11.3 Å². The third kappa shape index (κ3) is 4.19. The first-order valence-corrected chi connectivity index (χ1v) is 10.6. The summed E-state index contributed by atoms with van der Waals surface area (Å²) in [6.45, 7) is 0.742. The highest BCUT2D eigenvalue weighted by atomic mass is 16.5. The predicted octanol–water partition coefficient (Wildman–Crippen LogP) is 2.41. The van der Waals surface area contributed by atoms with Crippen LogP contribution in [-0.2, 0) is 11.2 Å². The normalized spacial score (nSPS) is 13.2. The van der Waals surface area contributed by atoms with Crippen LogP contribution in [0.5, 0.6) is 5.75 Å². The van der Waals surface area contributed by atoms with Gasteiger partial charge in [0.05, 0.1) is 30.8 Å². The van der Waals surface area contributed by atoms with Gasteiger partial charge >= 0.3 is 0 Å². The van der Waals surface area contributed by atoms with E-state index in [-0.39, 0.29) is 31.4 Å². The summed E-state index contributed by atoms with van der Waals surface area (Å²) in [5, 5.41) is 22.0. The maximum Gasteiger partial charge on any atom is 0.277 e. The highest BCUT2D eigenvalue weighted by molar-refractivity contribution is 5.96. The Morgan fingerprint density at radius 1 is 1.06 bits per heavy atom. The van der Waals surface area contributed by atoms with E-state index in [0.29, 0.717) is 12.3 Å². The number of carbonyl (C=O) groups excluding carboxylic acids is 1. The number of ether oxygens (including phenoxy) is 1. The van der Waals surface area contributed by atoms with E-state index in [1.54, 1.807) is 7.11 Å². The van der Waals surface area contributed by atoms with E-state index in [4.69, 9.17) is 4.74 Å². The van der Waals surface area contributed by atoms with Gasteiger partial charge in [-0.1, -0.05) is 60.7 Å². The second-order valence-electron chi connectivity index (χ2n) is 7.71. The van der Waals surface area contributed by atoms with Crippen LogP contribution in [0.3, 0.4) is 0 Å². The molecule has 4 rings (SSSR count). The lowest BCUT2D eigenvalue weighted by Crippen LogP contribution is -2.57. The van der Waals surface area contributed by atoms with Gasteiger partial charge in [-0.2, -0.15) is 5.26 Å². The summed E-state index contributed by atoms with van der Waals surface area (Å²) in [4.78, 5) is 27.4. The Balaban J connectivity index is 1.99. The lowest BCUT2D eigenvalue weighted by atomic mass is 9.98. The molecular formula is C25H24N4O4. The molecule has 1 amide bonds. The summed E-state index contributed by atoms with van der Waals surface area (Å²) in [6, 6.07) is 22.5. The molecule has 0 unspecified atom stereocenters. The standard InChI is InChI=1S/C25H24N4O4/c1-33-15-14-27-17-28(22(18-8-4-2-5-9-18)19-10-6-3-7-11-19)29-20(12-13-26)16-21(30)24(31)23(29)25(27)32/h2-11,16,22,31H,12,14-15,17H2,1H3. The van der Waals surface area contributed by atoms with E-state index in [2.05, 4.69) is 6.07 Å². The highest BCUT2D eigenvalue weighted by Crippen LogP contribution is 2.33. The van der Waals surface area contributed by atoms with Gasteiger partial charge < -0.3 is 14.7 Å². The van der Waals surface area contributed by atoms with E-state index in [1.807, 2.05) is 65.7 Å². The minimum absolute atomic E-state index is 0.0966. The molecule has 0 saturated heterocycles. The van der Waals surface area contributed by atoms with Crippen LogP contribution in [-0.4, -0.2) is 47.5 Å². The maximum atomic E-state index is 13.3. The molecule has 2 heterocycles. The quantitative estimate of drug-likeness (QED) is 0.601. The van der Waals surface area contributed by atoms with Crippen molar-refractivity contribution in [3.63, 3.8) is 0 Å². The van der Waals surface area contributed by atoms with Crippen molar-refractivity contribution in [2.45, 2.75) is 12.5 Å². The average Bonchev–Trinajstić information content (AvgIpc) is 2.84. The van der Waals surface area contributed by atoms with E-state index < -0.39 is 17.1 Å².